The Kier molecular flexibility index (Phi) is 3.38. The summed E-state index contributed by atoms with van der Waals surface area (Å²) in [6, 6.07) is 8.33. The van der Waals surface area contributed by atoms with E-state index in [1.807, 2.05) is 17.0 Å². The van der Waals surface area contributed by atoms with Gasteiger partial charge in [-0.05, 0) is 30.4 Å². The fourth-order valence-corrected chi connectivity index (χ4v) is 3.11. The van der Waals surface area contributed by atoms with Crippen molar-refractivity contribution in [3.05, 3.63) is 41.0 Å². The summed E-state index contributed by atoms with van der Waals surface area (Å²) < 4.78 is 0. The Morgan fingerprint density at radius 3 is 3.00 bits per heavy atom. The molecule has 1 amide bonds. The van der Waals surface area contributed by atoms with Crippen LogP contribution in [0.1, 0.15) is 30.4 Å². The zero-order valence-corrected chi connectivity index (χ0v) is 11.0. The molecule has 1 heterocycles. The molecule has 1 aliphatic heterocycles. The predicted octanol–water partition coefficient (Wildman–Crippen LogP) is 2.00. The lowest BCUT2D eigenvalue weighted by atomic mass is 10.1. The first-order chi connectivity index (χ1) is 9.28. The molecule has 1 atom stereocenters. The summed E-state index contributed by atoms with van der Waals surface area (Å²) in [7, 11) is 0. The largest absolute Gasteiger partial charge is 0.394 e. The highest BCUT2D eigenvalue weighted by atomic mass is 16.3. The molecule has 0 aromatic heterocycles. The molecule has 1 aromatic rings. The number of hydrogen-bond donors (Lipinski definition) is 1. The lowest BCUT2D eigenvalue weighted by molar-refractivity contribution is -0.131. The first-order valence-electron chi connectivity index (χ1n) is 6.95. The van der Waals surface area contributed by atoms with Crippen LogP contribution in [0.15, 0.2) is 29.8 Å². The highest BCUT2D eigenvalue weighted by Gasteiger charge is 2.28. The number of amides is 1. The minimum absolute atomic E-state index is 0.0388. The van der Waals surface area contributed by atoms with Crippen molar-refractivity contribution in [2.75, 3.05) is 13.2 Å². The standard InChI is InChI=1S/C16H19NO2/c18-11-15-6-3-7-17(15)16(19)10-12-8-13-4-1-2-5-14(13)9-12/h1-2,4-5,8,15,18H,3,6-7,9-11H2/t15-/m0/s1. The van der Waals surface area contributed by atoms with Crippen LogP contribution in [0.5, 0.6) is 0 Å². The molecule has 3 rings (SSSR count). The van der Waals surface area contributed by atoms with Gasteiger partial charge in [-0.15, -0.1) is 0 Å². The van der Waals surface area contributed by atoms with E-state index >= 15 is 0 Å². The summed E-state index contributed by atoms with van der Waals surface area (Å²) in [5.41, 5.74) is 3.74. The summed E-state index contributed by atoms with van der Waals surface area (Å²) >= 11 is 0. The molecular weight excluding hydrogens is 238 g/mol. The molecule has 1 N–H and O–H groups in total. The number of likely N-dealkylation sites (tertiary alicyclic amines) is 1. The van der Waals surface area contributed by atoms with Gasteiger partial charge in [0.25, 0.3) is 0 Å². The molecule has 1 aromatic carbocycles. The van der Waals surface area contributed by atoms with E-state index in [9.17, 15) is 9.90 Å². The van der Waals surface area contributed by atoms with Crippen molar-refractivity contribution in [1.82, 2.24) is 4.90 Å². The van der Waals surface area contributed by atoms with Crippen LogP contribution in [0, 0.1) is 0 Å². The molecular formula is C16H19NO2. The molecule has 3 heteroatoms. The number of aliphatic hydroxyl groups excluding tert-OH is 1. The van der Waals surface area contributed by atoms with Crippen molar-refractivity contribution in [3.8, 4) is 0 Å². The van der Waals surface area contributed by atoms with Crippen LogP contribution in [0.4, 0.5) is 0 Å². The average molecular weight is 257 g/mol. The Balaban J connectivity index is 1.66. The number of hydrogen-bond acceptors (Lipinski definition) is 2. The van der Waals surface area contributed by atoms with Crippen molar-refractivity contribution in [3.63, 3.8) is 0 Å². The minimum Gasteiger partial charge on any atom is -0.394 e. The molecule has 0 radical (unpaired) electrons. The van der Waals surface area contributed by atoms with Crippen LogP contribution >= 0.6 is 0 Å². The number of benzene rings is 1. The number of fused-ring (bicyclic) bond motifs is 1. The Hall–Kier alpha value is -1.61. The van der Waals surface area contributed by atoms with Gasteiger partial charge < -0.3 is 10.0 Å². The molecule has 1 fully saturated rings. The fourth-order valence-electron chi connectivity index (χ4n) is 3.11. The van der Waals surface area contributed by atoms with Crippen molar-refractivity contribution < 1.29 is 9.90 Å². The maximum absolute atomic E-state index is 12.3. The van der Waals surface area contributed by atoms with Crippen LogP contribution in [-0.4, -0.2) is 35.1 Å². The molecule has 0 spiro atoms. The predicted molar refractivity (Wildman–Crippen MR) is 74.6 cm³/mol. The first-order valence-corrected chi connectivity index (χ1v) is 6.95. The molecule has 1 aliphatic carbocycles. The van der Waals surface area contributed by atoms with Gasteiger partial charge in [-0.2, -0.15) is 0 Å². The van der Waals surface area contributed by atoms with E-state index in [4.69, 9.17) is 0 Å². The number of carbonyl (C=O) groups is 1. The number of rotatable bonds is 3. The van der Waals surface area contributed by atoms with Crippen molar-refractivity contribution in [1.29, 1.82) is 0 Å². The van der Waals surface area contributed by atoms with E-state index in [-0.39, 0.29) is 18.6 Å². The molecule has 0 unspecified atom stereocenters. The van der Waals surface area contributed by atoms with Crippen LogP contribution in [-0.2, 0) is 11.2 Å². The van der Waals surface area contributed by atoms with Crippen molar-refractivity contribution >= 4 is 12.0 Å². The molecule has 2 aliphatic rings. The average Bonchev–Trinajstić information content (AvgIpc) is 3.03. The van der Waals surface area contributed by atoms with E-state index < -0.39 is 0 Å². The third-order valence-electron chi connectivity index (χ3n) is 4.12. The molecule has 19 heavy (non-hydrogen) atoms. The zero-order chi connectivity index (χ0) is 13.2. The van der Waals surface area contributed by atoms with Gasteiger partial charge in [0, 0.05) is 13.0 Å². The van der Waals surface area contributed by atoms with Gasteiger partial charge >= 0.3 is 0 Å². The summed E-state index contributed by atoms with van der Waals surface area (Å²) in [6.07, 6.45) is 5.46. The number of carbonyl (C=O) groups excluding carboxylic acids is 1. The normalized spacial score (nSPS) is 21.4. The van der Waals surface area contributed by atoms with E-state index in [2.05, 4.69) is 18.2 Å². The van der Waals surface area contributed by atoms with Gasteiger partial charge in [-0.25, -0.2) is 0 Å². The van der Waals surface area contributed by atoms with Gasteiger partial charge in [-0.3, -0.25) is 4.79 Å². The third kappa shape index (κ3) is 2.43. The van der Waals surface area contributed by atoms with Crippen LogP contribution in [0.3, 0.4) is 0 Å². The molecule has 1 saturated heterocycles. The number of aliphatic hydroxyl groups is 1. The third-order valence-corrected chi connectivity index (χ3v) is 4.12. The maximum Gasteiger partial charge on any atom is 0.227 e. The molecule has 3 nitrogen and oxygen atoms in total. The van der Waals surface area contributed by atoms with Crippen molar-refractivity contribution in [2.24, 2.45) is 0 Å². The van der Waals surface area contributed by atoms with E-state index in [0.29, 0.717) is 6.42 Å². The minimum atomic E-state index is 0.0388. The lowest BCUT2D eigenvalue weighted by Crippen LogP contribution is -2.37. The highest BCUT2D eigenvalue weighted by Crippen LogP contribution is 2.28. The van der Waals surface area contributed by atoms with Crippen LogP contribution in [0.25, 0.3) is 6.08 Å². The van der Waals surface area contributed by atoms with Crippen molar-refractivity contribution in [2.45, 2.75) is 31.7 Å². The Morgan fingerprint density at radius 2 is 2.21 bits per heavy atom. The van der Waals surface area contributed by atoms with Gasteiger partial charge in [0.15, 0.2) is 0 Å². The van der Waals surface area contributed by atoms with Gasteiger partial charge in [-0.1, -0.05) is 35.9 Å². The molecule has 100 valence electrons. The van der Waals surface area contributed by atoms with Crippen LogP contribution in [0.2, 0.25) is 0 Å². The highest BCUT2D eigenvalue weighted by molar-refractivity contribution is 5.82. The van der Waals surface area contributed by atoms with Gasteiger partial charge in [0.05, 0.1) is 12.6 Å². The summed E-state index contributed by atoms with van der Waals surface area (Å²) in [5, 5.41) is 9.28. The summed E-state index contributed by atoms with van der Waals surface area (Å²) in [5.74, 6) is 0.163. The fraction of sp³-hybridized carbons (Fsp3) is 0.438. The van der Waals surface area contributed by atoms with Gasteiger partial charge in [0.1, 0.15) is 0 Å². The first kappa shape index (κ1) is 12.4. The topological polar surface area (TPSA) is 40.5 Å². The second-order valence-electron chi connectivity index (χ2n) is 5.42. The Morgan fingerprint density at radius 1 is 1.37 bits per heavy atom. The quantitative estimate of drug-likeness (QED) is 0.899. The number of nitrogens with zero attached hydrogens (tertiary/aromatic N) is 1. The maximum atomic E-state index is 12.3. The van der Waals surface area contributed by atoms with E-state index in [1.165, 1.54) is 16.7 Å². The van der Waals surface area contributed by atoms with Crippen LogP contribution < -0.4 is 0 Å². The lowest BCUT2D eigenvalue weighted by Gasteiger charge is -2.23. The van der Waals surface area contributed by atoms with E-state index in [1.54, 1.807) is 0 Å². The zero-order valence-electron chi connectivity index (χ0n) is 11.0. The Labute approximate surface area is 113 Å². The SMILES string of the molecule is O=C(CC1=Cc2ccccc2C1)N1CCC[C@H]1CO. The second kappa shape index (κ2) is 5.17. The van der Waals surface area contributed by atoms with E-state index in [0.717, 1.165) is 25.8 Å². The molecule has 0 bridgehead atoms. The monoisotopic (exact) mass is 257 g/mol. The smallest absolute Gasteiger partial charge is 0.227 e. The summed E-state index contributed by atoms with van der Waals surface area (Å²) in [6.45, 7) is 0.884. The Bertz CT molecular complexity index is 521. The van der Waals surface area contributed by atoms with Gasteiger partial charge in [0.2, 0.25) is 5.91 Å². The molecule has 0 saturated carbocycles. The summed E-state index contributed by atoms with van der Waals surface area (Å²) in [4.78, 5) is 14.1. The second-order valence-corrected chi connectivity index (χ2v) is 5.42.